The van der Waals surface area contributed by atoms with Gasteiger partial charge in [-0.3, -0.25) is 9.78 Å². The number of nitrogens with zero attached hydrogens (tertiary/aromatic N) is 3. The molecule has 0 unspecified atom stereocenters. The van der Waals surface area contributed by atoms with E-state index in [0.29, 0.717) is 5.92 Å². The maximum atomic E-state index is 12.6. The van der Waals surface area contributed by atoms with Gasteiger partial charge >= 0.3 is 0 Å². The maximum absolute atomic E-state index is 12.6. The van der Waals surface area contributed by atoms with Crippen LogP contribution in [0.4, 0.5) is 5.69 Å². The average Bonchev–Trinajstić information content (AvgIpc) is 3.20. The van der Waals surface area contributed by atoms with Crippen molar-refractivity contribution in [3.8, 4) is 0 Å². The number of pyridine rings is 1. The molecule has 114 valence electrons. The topological polar surface area (TPSA) is 49.6 Å². The Labute approximate surface area is 129 Å². The Hall–Kier alpha value is -2.30. The summed E-state index contributed by atoms with van der Waals surface area (Å²) >= 11 is 0. The van der Waals surface area contributed by atoms with Gasteiger partial charge in [0.1, 0.15) is 5.76 Å². The highest BCUT2D eigenvalue weighted by molar-refractivity contribution is 5.83. The van der Waals surface area contributed by atoms with Gasteiger partial charge in [-0.25, -0.2) is 0 Å². The Morgan fingerprint density at radius 2 is 1.91 bits per heavy atom. The fourth-order valence-electron chi connectivity index (χ4n) is 3.26. The first kappa shape index (κ1) is 13.4. The van der Waals surface area contributed by atoms with Gasteiger partial charge in [-0.2, -0.15) is 0 Å². The molecule has 1 saturated heterocycles. The number of hydrogen-bond acceptors (Lipinski definition) is 4. The van der Waals surface area contributed by atoms with Gasteiger partial charge in [0.25, 0.3) is 0 Å². The predicted octanol–water partition coefficient (Wildman–Crippen LogP) is 2.13. The Morgan fingerprint density at radius 3 is 2.59 bits per heavy atom. The van der Waals surface area contributed by atoms with Crippen molar-refractivity contribution >= 4 is 11.6 Å². The minimum atomic E-state index is 0.124. The summed E-state index contributed by atoms with van der Waals surface area (Å²) in [5.41, 5.74) is 1.18. The average molecular weight is 297 g/mol. The minimum absolute atomic E-state index is 0.124. The number of carbonyl (C=O) groups is 1. The molecule has 1 amide bonds. The fourth-order valence-corrected chi connectivity index (χ4v) is 3.26. The Kier molecular flexibility index (Phi) is 3.33. The molecule has 2 atom stereocenters. The zero-order chi connectivity index (χ0) is 14.9. The van der Waals surface area contributed by atoms with Crippen molar-refractivity contribution in [3.63, 3.8) is 0 Å². The van der Waals surface area contributed by atoms with Crippen LogP contribution in [-0.2, 0) is 4.79 Å². The van der Waals surface area contributed by atoms with Gasteiger partial charge in [0, 0.05) is 56.1 Å². The Bertz CT molecular complexity index is 633. The molecule has 0 bridgehead atoms. The second-order valence-corrected chi connectivity index (χ2v) is 5.98. The molecule has 5 nitrogen and oxygen atoms in total. The number of rotatable bonds is 3. The molecule has 0 spiro atoms. The lowest BCUT2D eigenvalue weighted by molar-refractivity contribution is -0.133. The highest BCUT2D eigenvalue weighted by atomic mass is 16.3. The van der Waals surface area contributed by atoms with E-state index in [0.717, 1.165) is 38.4 Å². The highest BCUT2D eigenvalue weighted by Gasteiger charge is 2.47. The van der Waals surface area contributed by atoms with E-state index in [9.17, 15) is 4.79 Å². The van der Waals surface area contributed by atoms with Gasteiger partial charge in [-0.05, 0) is 30.7 Å². The molecule has 22 heavy (non-hydrogen) atoms. The van der Waals surface area contributed by atoms with Crippen LogP contribution in [0, 0.1) is 5.92 Å². The number of piperazine rings is 1. The van der Waals surface area contributed by atoms with Crippen LogP contribution < -0.4 is 4.90 Å². The molecule has 3 heterocycles. The first-order chi connectivity index (χ1) is 10.8. The lowest BCUT2D eigenvalue weighted by Gasteiger charge is -2.36. The molecule has 5 heteroatoms. The molecular formula is C17H19N3O2. The van der Waals surface area contributed by atoms with Crippen LogP contribution in [0.15, 0.2) is 47.3 Å². The molecule has 0 aromatic carbocycles. The number of aromatic nitrogens is 1. The summed E-state index contributed by atoms with van der Waals surface area (Å²) < 4.78 is 5.42. The van der Waals surface area contributed by atoms with Gasteiger partial charge in [0.05, 0.1) is 6.26 Å². The van der Waals surface area contributed by atoms with E-state index in [1.54, 1.807) is 6.26 Å². The molecule has 1 aliphatic heterocycles. The second-order valence-electron chi connectivity index (χ2n) is 5.98. The Balaban J connectivity index is 1.33. The van der Waals surface area contributed by atoms with Gasteiger partial charge in [0.2, 0.25) is 5.91 Å². The number of amides is 1. The summed E-state index contributed by atoms with van der Waals surface area (Å²) in [5.74, 6) is 1.66. The van der Waals surface area contributed by atoms with Crippen LogP contribution in [-0.4, -0.2) is 42.0 Å². The Morgan fingerprint density at radius 1 is 1.14 bits per heavy atom. The molecule has 4 rings (SSSR count). The van der Waals surface area contributed by atoms with Gasteiger partial charge in [-0.15, -0.1) is 0 Å². The lowest BCUT2D eigenvalue weighted by atomic mass is 10.2. The second kappa shape index (κ2) is 5.48. The summed E-state index contributed by atoms with van der Waals surface area (Å²) in [5, 5.41) is 0. The fraction of sp³-hybridized carbons (Fsp3) is 0.412. The molecule has 2 aromatic heterocycles. The van der Waals surface area contributed by atoms with Crippen molar-refractivity contribution in [2.75, 3.05) is 31.1 Å². The molecular weight excluding hydrogens is 278 g/mol. The molecule has 2 fully saturated rings. The standard InChI is InChI=1S/C17H19N3O2/c21-17(15-12-14(15)16-2-1-11-22-16)20-9-7-19(8-10-20)13-3-5-18-6-4-13/h1-6,11,14-15H,7-10,12H2/t14-,15-/m1/s1. The number of anilines is 1. The lowest BCUT2D eigenvalue weighted by Crippen LogP contribution is -2.49. The van der Waals surface area contributed by atoms with Crippen molar-refractivity contribution in [2.45, 2.75) is 12.3 Å². The number of furan rings is 1. The van der Waals surface area contributed by atoms with E-state index in [1.807, 2.05) is 41.6 Å². The smallest absolute Gasteiger partial charge is 0.226 e. The van der Waals surface area contributed by atoms with Crippen LogP contribution in [0.2, 0.25) is 0 Å². The van der Waals surface area contributed by atoms with Crippen LogP contribution in [0.25, 0.3) is 0 Å². The van der Waals surface area contributed by atoms with E-state index < -0.39 is 0 Å². The van der Waals surface area contributed by atoms with Gasteiger partial charge in [0.15, 0.2) is 0 Å². The first-order valence-corrected chi connectivity index (χ1v) is 7.80. The third-order valence-corrected chi connectivity index (χ3v) is 4.64. The summed E-state index contributed by atoms with van der Waals surface area (Å²) in [7, 11) is 0. The van der Waals surface area contributed by atoms with Crippen LogP contribution in [0.5, 0.6) is 0 Å². The summed E-state index contributed by atoms with van der Waals surface area (Å²) in [6.07, 6.45) is 6.23. The van der Waals surface area contributed by atoms with Gasteiger partial charge in [-0.1, -0.05) is 0 Å². The largest absolute Gasteiger partial charge is 0.469 e. The van der Waals surface area contributed by atoms with E-state index in [1.165, 1.54) is 5.69 Å². The monoisotopic (exact) mass is 297 g/mol. The van der Waals surface area contributed by atoms with E-state index >= 15 is 0 Å². The molecule has 1 aliphatic carbocycles. The summed E-state index contributed by atoms with van der Waals surface area (Å²) in [6, 6.07) is 7.90. The van der Waals surface area contributed by atoms with Crippen molar-refractivity contribution in [2.24, 2.45) is 5.92 Å². The predicted molar refractivity (Wildman–Crippen MR) is 82.6 cm³/mol. The molecule has 0 N–H and O–H groups in total. The molecule has 2 aliphatic rings. The van der Waals surface area contributed by atoms with Crippen molar-refractivity contribution in [3.05, 3.63) is 48.7 Å². The van der Waals surface area contributed by atoms with Crippen molar-refractivity contribution in [1.82, 2.24) is 9.88 Å². The highest BCUT2D eigenvalue weighted by Crippen LogP contribution is 2.48. The first-order valence-electron chi connectivity index (χ1n) is 7.80. The number of carbonyl (C=O) groups excluding carboxylic acids is 1. The summed E-state index contributed by atoms with van der Waals surface area (Å²) in [4.78, 5) is 20.9. The third kappa shape index (κ3) is 2.47. The zero-order valence-corrected chi connectivity index (χ0v) is 12.4. The van der Waals surface area contributed by atoms with Crippen LogP contribution >= 0.6 is 0 Å². The molecule has 2 aromatic rings. The minimum Gasteiger partial charge on any atom is -0.469 e. The number of hydrogen-bond donors (Lipinski definition) is 0. The zero-order valence-electron chi connectivity index (χ0n) is 12.4. The SMILES string of the molecule is O=C([C@@H]1C[C@H]1c1ccco1)N1CCN(c2ccncc2)CC1. The normalized spacial score (nSPS) is 24.4. The molecule has 1 saturated carbocycles. The van der Waals surface area contributed by atoms with E-state index in [-0.39, 0.29) is 11.8 Å². The molecule has 0 radical (unpaired) electrons. The van der Waals surface area contributed by atoms with Crippen LogP contribution in [0.1, 0.15) is 18.1 Å². The summed E-state index contributed by atoms with van der Waals surface area (Å²) in [6.45, 7) is 3.35. The van der Waals surface area contributed by atoms with Gasteiger partial charge < -0.3 is 14.2 Å². The maximum Gasteiger partial charge on any atom is 0.226 e. The third-order valence-electron chi connectivity index (χ3n) is 4.64. The van der Waals surface area contributed by atoms with E-state index in [2.05, 4.69) is 9.88 Å². The van der Waals surface area contributed by atoms with Crippen LogP contribution in [0.3, 0.4) is 0 Å². The van der Waals surface area contributed by atoms with Crippen molar-refractivity contribution < 1.29 is 9.21 Å². The van der Waals surface area contributed by atoms with Crippen molar-refractivity contribution in [1.29, 1.82) is 0 Å². The quantitative estimate of drug-likeness (QED) is 0.871. The van der Waals surface area contributed by atoms with E-state index in [4.69, 9.17) is 4.42 Å².